The summed E-state index contributed by atoms with van der Waals surface area (Å²) < 4.78 is 10.5. The summed E-state index contributed by atoms with van der Waals surface area (Å²) in [7, 11) is 1.68. The number of rotatable bonds is 4. The van der Waals surface area contributed by atoms with Crippen LogP contribution in [0.5, 0.6) is 5.75 Å². The van der Waals surface area contributed by atoms with Gasteiger partial charge in [0, 0.05) is 22.2 Å². The van der Waals surface area contributed by atoms with Gasteiger partial charge in [0.1, 0.15) is 11.5 Å². The van der Waals surface area contributed by atoms with Gasteiger partial charge in [-0.15, -0.1) is 0 Å². The van der Waals surface area contributed by atoms with Crippen LogP contribution in [0.4, 0.5) is 0 Å². The number of amides is 1. The molecule has 0 fully saturated rings. The predicted octanol–water partition coefficient (Wildman–Crippen LogP) is 3.52. The highest BCUT2D eigenvalue weighted by atomic mass is 16.5. The highest BCUT2D eigenvalue weighted by molar-refractivity contribution is 5.87. The van der Waals surface area contributed by atoms with E-state index in [1.54, 1.807) is 7.11 Å². The van der Waals surface area contributed by atoms with E-state index in [9.17, 15) is 4.79 Å². The molecule has 0 saturated carbocycles. The number of aryl methyl sites for hydroxylation is 3. The Morgan fingerprint density at radius 1 is 1.42 bits per heavy atom. The number of nitrogens with zero attached hydrogens (tertiary/aromatic N) is 1. The maximum absolute atomic E-state index is 12.6. The molecule has 6 heteroatoms. The van der Waals surface area contributed by atoms with Crippen LogP contribution in [0.15, 0.2) is 22.7 Å². The first-order valence-corrected chi connectivity index (χ1v) is 8.96. The van der Waals surface area contributed by atoms with Crippen molar-refractivity contribution < 1.29 is 14.1 Å². The number of carbonyl (C=O) groups excluding carboxylic acids is 1. The number of nitrogens with one attached hydrogen (secondary N) is 2. The van der Waals surface area contributed by atoms with Crippen molar-refractivity contribution in [2.24, 2.45) is 0 Å². The fraction of sp³-hybridized carbons (Fsp3) is 0.400. The summed E-state index contributed by atoms with van der Waals surface area (Å²) in [5.74, 6) is 1.55. The number of hydrogen-bond acceptors (Lipinski definition) is 4. The number of H-pyrrole nitrogens is 1. The van der Waals surface area contributed by atoms with E-state index in [0.717, 1.165) is 47.5 Å². The molecule has 2 heterocycles. The zero-order valence-corrected chi connectivity index (χ0v) is 15.3. The van der Waals surface area contributed by atoms with Crippen LogP contribution in [-0.4, -0.2) is 23.2 Å². The van der Waals surface area contributed by atoms with Crippen molar-refractivity contribution in [3.05, 3.63) is 46.5 Å². The summed E-state index contributed by atoms with van der Waals surface area (Å²) in [6.45, 7) is 3.70. The quantitative estimate of drug-likeness (QED) is 0.752. The third-order valence-electron chi connectivity index (χ3n) is 5.27. The van der Waals surface area contributed by atoms with Crippen molar-refractivity contribution >= 4 is 16.8 Å². The minimum atomic E-state index is -0.00603. The summed E-state index contributed by atoms with van der Waals surface area (Å²) in [5, 5.41) is 8.29. The van der Waals surface area contributed by atoms with Crippen molar-refractivity contribution in [2.75, 3.05) is 7.11 Å². The molecule has 0 bridgehead atoms. The molecule has 1 amide bonds. The van der Waals surface area contributed by atoms with Crippen LogP contribution in [0.2, 0.25) is 0 Å². The lowest BCUT2D eigenvalue weighted by Gasteiger charge is -2.24. The fourth-order valence-electron chi connectivity index (χ4n) is 3.87. The van der Waals surface area contributed by atoms with Crippen molar-refractivity contribution in [3.8, 4) is 5.75 Å². The molecule has 2 N–H and O–H groups in total. The third kappa shape index (κ3) is 2.85. The highest BCUT2D eigenvalue weighted by Gasteiger charge is 2.26. The number of fused-ring (bicyclic) bond motifs is 3. The Kier molecular flexibility index (Phi) is 4.18. The lowest BCUT2D eigenvalue weighted by Crippen LogP contribution is -2.32. The topological polar surface area (TPSA) is 80.1 Å². The van der Waals surface area contributed by atoms with Gasteiger partial charge in [0.05, 0.1) is 25.3 Å². The average Bonchev–Trinajstić information content (AvgIpc) is 3.16. The Morgan fingerprint density at radius 2 is 2.27 bits per heavy atom. The smallest absolute Gasteiger partial charge is 0.225 e. The molecule has 1 aliphatic carbocycles. The van der Waals surface area contributed by atoms with E-state index in [2.05, 4.69) is 21.5 Å². The molecule has 4 rings (SSSR count). The van der Waals surface area contributed by atoms with E-state index < -0.39 is 0 Å². The van der Waals surface area contributed by atoms with Crippen LogP contribution < -0.4 is 10.1 Å². The van der Waals surface area contributed by atoms with Gasteiger partial charge in [-0.1, -0.05) is 5.16 Å². The first kappa shape index (κ1) is 16.7. The van der Waals surface area contributed by atoms with Crippen molar-refractivity contribution in [3.63, 3.8) is 0 Å². The fourth-order valence-corrected chi connectivity index (χ4v) is 3.87. The van der Waals surface area contributed by atoms with E-state index in [1.165, 1.54) is 10.9 Å². The number of aromatic amines is 1. The molecule has 0 radical (unpaired) electrons. The lowest BCUT2D eigenvalue weighted by molar-refractivity contribution is -0.121. The average molecular weight is 353 g/mol. The molecule has 0 aliphatic heterocycles. The Labute approximate surface area is 151 Å². The zero-order chi connectivity index (χ0) is 18.3. The van der Waals surface area contributed by atoms with Gasteiger partial charge in [-0.25, -0.2) is 0 Å². The van der Waals surface area contributed by atoms with E-state index >= 15 is 0 Å². The number of benzene rings is 1. The standard InChI is InChI=1S/C20H23N3O3/c1-11-15(12(2)26-23-11)10-19(24)21-18-6-4-5-14-16-9-13(25-3)7-8-17(16)22-20(14)18/h7-9,18,22H,4-6,10H2,1-3H3,(H,21,24). The van der Waals surface area contributed by atoms with Crippen LogP contribution in [-0.2, 0) is 17.6 Å². The van der Waals surface area contributed by atoms with Gasteiger partial charge in [0.25, 0.3) is 0 Å². The summed E-state index contributed by atoms with van der Waals surface area (Å²) >= 11 is 0. The van der Waals surface area contributed by atoms with Gasteiger partial charge in [0.15, 0.2) is 0 Å². The molecule has 136 valence electrons. The Bertz CT molecular complexity index is 951. The maximum atomic E-state index is 12.6. The monoisotopic (exact) mass is 353 g/mol. The van der Waals surface area contributed by atoms with Crippen molar-refractivity contribution in [1.29, 1.82) is 0 Å². The summed E-state index contributed by atoms with van der Waals surface area (Å²) in [4.78, 5) is 16.1. The molecule has 1 aromatic carbocycles. The molecule has 1 atom stereocenters. The van der Waals surface area contributed by atoms with Crippen LogP contribution in [0, 0.1) is 13.8 Å². The molecule has 26 heavy (non-hydrogen) atoms. The zero-order valence-electron chi connectivity index (χ0n) is 15.3. The molecule has 1 aliphatic rings. The Hall–Kier alpha value is -2.76. The first-order chi connectivity index (χ1) is 12.6. The number of hydrogen-bond donors (Lipinski definition) is 2. The molecule has 0 spiro atoms. The molecular formula is C20H23N3O3. The largest absolute Gasteiger partial charge is 0.497 e. The second kappa shape index (κ2) is 6.52. The van der Waals surface area contributed by atoms with Crippen LogP contribution in [0.1, 0.15) is 47.2 Å². The number of ether oxygens (including phenoxy) is 1. The van der Waals surface area contributed by atoms with E-state index in [-0.39, 0.29) is 11.9 Å². The number of methoxy groups -OCH3 is 1. The van der Waals surface area contributed by atoms with Gasteiger partial charge >= 0.3 is 0 Å². The SMILES string of the molecule is COc1ccc2[nH]c3c(c2c1)CCCC3NC(=O)Cc1c(C)noc1C. The summed E-state index contributed by atoms with van der Waals surface area (Å²) in [5.41, 5.74) is 5.14. The molecule has 0 saturated heterocycles. The van der Waals surface area contributed by atoms with Crippen LogP contribution in [0.25, 0.3) is 10.9 Å². The van der Waals surface area contributed by atoms with Crippen LogP contribution >= 0.6 is 0 Å². The minimum Gasteiger partial charge on any atom is -0.497 e. The lowest BCUT2D eigenvalue weighted by atomic mass is 9.91. The van der Waals surface area contributed by atoms with Crippen LogP contribution in [0.3, 0.4) is 0 Å². The third-order valence-corrected chi connectivity index (χ3v) is 5.27. The summed E-state index contributed by atoms with van der Waals surface area (Å²) in [6, 6.07) is 6.06. The summed E-state index contributed by atoms with van der Waals surface area (Å²) in [6.07, 6.45) is 3.29. The normalized spacial score (nSPS) is 16.5. The minimum absolute atomic E-state index is 0.00474. The second-order valence-electron chi connectivity index (χ2n) is 6.92. The van der Waals surface area contributed by atoms with Gasteiger partial charge < -0.3 is 19.6 Å². The molecule has 3 aromatic rings. The number of carbonyl (C=O) groups is 1. The van der Waals surface area contributed by atoms with Gasteiger partial charge in [-0.05, 0) is 56.9 Å². The molecule has 2 aromatic heterocycles. The highest BCUT2D eigenvalue weighted by Crippen LogP contribution is 2.36. The second-order valence-corrected chi connectivity index (χ2v) is 6.92. The van der Waals surface area contributed by atoms with E-state index in [4.69, 9.17) is 9.26 Å². The van der Waals surface area contributed by atoms with Gasteiger partial charge in [-0.3, -0.25) is 4.79 Å². The maximum Gasteiger partial charge on any atom is 0.225 e. The number of aromatic nitrogens is 2. The Morgan fingerprint density at radius 3 is 3.00 bits per heavy atom. The predicted molar refractivity (Wildman–Crippen MR) is 98.4 cm³/mol. The molecule has 6 nitrogen and oxygen atoms in total. The molecular weight excluding hydrogens is 330 g/mol. The molecule has 1 unspecified atom stereocenters. The first-order valence-electron chi connectivity index (χ1n) is 8.96. The van der Waals surface area contributed by atoms with E-state index in [0.29, 0.717) is 12.2 Å². The van der Waals surface area contributed by atoms with E-state index in [1.807, 2.05) is 26.0 Å². The van der Waals surface area contributed by atoms with Gasteiger partial charge in [0.2, 0.25) is 5.91 Å². The van der Waals surface area contributed by atoms with Gasteiger partial charge in [-0.2, -0.15) is 0 Å². The Balaban J connectivity index is 1.59. The van der Waals surface area contributed by atoms with Crippen molar-refractivity contribution in [2.45, 2.75) is 45.6 Å². The van der Waals surface area contributed by atoms with Crippen molar-refractivity contribution in [1.82, 2.24) is 15.5 Å².